The van der Waals surface area contributed by atoms with Crippen LogP contribution in [0.1, 0.15) is 6.92 Å². The maximum Gasteiger partial charge on any atom is 0.325 e. The van der Waals surface area contributed by atoms with Crippen molar-refractivity contribution in [3.8, 4) is 0 Å². The first-order valence-electron chi connectivity index (χ1n) is 4.66. The zero-order chi connectivity index (χ0) is 10.4. The van der Waals surface area contributed by atoms with Crippen molar-refractivity contribution < 1.29 is 10.9 Å². The van der Waals surface area contributed by atoms with Crippen molar-refractivity contribution in [3.05, 3.63) is 30.3 Å². The largest absolute Gasteiger partial charge is 0.465 e. The Bertz CT molecular complexity index is 289. The summed E-state index contributed by atoms with van der Waals surface area (Å²) in [6.07, 6.45) is 0. The van der Waals surface area contributed by atoms with Crippen molar-refractivity contribution in [1.29, 1.82) is 0 Å². The fraction of sp³-hybridized carbons (Fsp3) is 0.300. The first-order chi connectivity index (χ1) is 6.74. The van der Waals surface area contributed by atoms with Crippen LogP contribution in [0.25, 0.3) is 0 Å². The number of benzene rings is 1. The Kier molecular flexibility index (Phi) is 3.24. The van der Waals surface area contributed by atoms with Gasteiger partial charge in [0, 0.05) is 5.69 Å². The molecule has 0 bridgehead atoms. The second-order valence-electron chi connectivity index (χ2n) is 2.46. The minimum atomic E-state index is -0.383. The second kappa shape index (κ2) is 5.19. The Labute approximate surface area is 79.2 Å². The Balaban J connectivity index is 2.50. The Morgan fingerprint density at radius 2 is 2.23 bits per heavy atom. The van der Waals surface area contributed by atoms with Crippen molar-refractivity contribution in [1.82, 2.24) is 0 Å². The summed E-state index contributed by atoms with van der Waals surface area (Å²) in [5.41, 5.74) is 0.681. The summed E-state index contributed by atoms with van der Waals surface area (Å²) in [7, 11) is 0. The summed E-state index contributed by atoms with van der Waals surface area (Å²) in [5.74, 6) is -0.383. The molecule has 1 N–H and O–H groups in total. The van der Waals surface area contributed by atoms with Crippen LogP contribution in [0.15, 0.2) is 30.3 Å². The number of esters is 1. The average Bonchev–Trinajstić information content (AvgIpc) is 2.19. The van der Waals surface area contributed by atoms with Gasteiger partial charge in [-0.3, -0.25) is 4.79 Å². The number of carbonyl (C=O) groups is 1. The summed E-state index contributed by atoms with van der Waals surface area (Å²) in [6.45, 7) is 2.05. The van der Waals surface area contributed by atoms with E-state index in [9.17, 15) is 4.79 Å². The molecule has 0 atom stereocenters. The Hall–Kier alpha value is -1.51. The molecule has 0 aliphatic carbocycles. The lowest BCUT2D eigenvalue weighted by Crippen LogP contribution is -2.16. The molecule has 0 amide bonds. The van der Waals surface area contributed by atoms with Crippen LogP contribution in [-0.2, 0) is 9.53 Å². The molecule has 3 nitrogen and oxygen atoms in total. The van der Waals surface area contributed by atoms with Gasteiger partial charge in [0.25, 0.3) is 0 Å². The molecule has 13 heavy (non-hydrogen) atoms. The number of rotatable bonds is 4. The van der Waals surface area contributed by atoms with Crippen LogP contribution in [-0.4, -0.2) is 19.1 Å². The van der Waals surface area contributed by atoms with E-state index in [0.29, 0.717) is 12.3 Å². The van der Waals surface area contributed by atoms with Crippen LogP contribution in [0.4, 0.5) is 5.69 Å². The standard InChI is InChI=1S/C10H13NO2/c1-2-13-10(12)8-11-9-6-4-3-5-7-9/h3-7,11H,2,8H2,1H3/i/hD. The summed E-state index contributed by atoms with van der Waals surface area (Å²) < 4.78 is 12.3. The Morgan fingerprint density at radius 1 is 1.54 bits per heavy atom. The zero-order valence-corrected chi connectivity index (χ0v) is 7.56. The average molecular weight is 180 g/mol. The quantitative estimate of drug-likeness (QED) is 0.716. The number of ether oxygens (including phenoxy) is 1. The van der Waals surface area contributed by atoms with E-state index in [1.165, 1.54) is 0 Å². The normalized spacial score (nSPS) is 10.4. The van der Waals surface area contributed by atoms with Crippen molar-refractivity contribution in [2.75, 3.05) is 18.5 Å². The van der Waals surface area contributed by atoms with Crippen molar-refractivity contribution in [3.63, 3.8) is 0 Å². The van der Waals surface area contributed by atoms with E-state index in [1.54, 1.807) is 19.1 Å². The van der Waals surface area contributed by atoms with Gasteiger partial charge in [-0.05, 0) is 19.1 Å². The molecule has 0 aliphatic heterocycles. The van der Waals surface area contributed by atoms with Gasteiger partial charge in [0.1, 0.15) is 6.54 Å². The van der Waals surface area contributed by atoms with Crippen LogP contribution in [0.5, 0.6) is 0 Å². The van der Waals surface area contributed by atoms with Gasteiger partial charge in [0.05, 0.1) is 6.61 Å². The smallest absolute Gasteiger partial charge is 0.325 e. The van der Waals surface area contributed by atoms with Crippen LogP contribution in [0.2, 0.25) is 1.41 Å². The molecule has 1 aromatic carbocycles. The molecule has 0 radical (unpaired) electrons. The monoisotopic (exact) mass is 180 g/mol. The highest BCUT2D eigenvalue weighted by atomic mass is 16.5. The molecular formula is C10H13NO2. The summed E-state index contributed by atoms with van der Waals surface area (Å²) in [4.78, 5) is 11.0. The minimum absolute atomic E-state index is 0.0438. The van der Waals surface area contributed by atoms with Gasteiger partial charge in [-0.15, -0.1) is 0 Å². The first kappa shape index (κ1) is 8.10. The second-order valence-corrected chi connectivity index (χ2v) is 2.46. The Morgan fingerprint density at radius 3 is 2.85 bits per heavy atom. The third-order valence-electron chi connectivity index (χ3n) is 1.45. The van der Waals surface area contributed by atoms with E-state index in [4.69, 9.17) is 6.15 Å². The molecule has 0 saturated heterocycles. The molecule has 0 fully saturated rings. The van der Waals surface area contributed by atoms with Crippen LogP contribution < -0.4 is 5.31 Å². The lowest BCUT2D eigenvalue weighted by atomic mass is 10.3. The molecule has 0 spiro atoms. The van der Waals surface area contributed by atoms with Gasteiger partial charge in [-0.2, -0.15) is 0 Å². The summed E-state index contributed by atoms with van der Waals surface area (Å²) >= 11 is 0. The number of anilines is 1. The molecular weight excluding hydrogens is 166 g/mol. The van der Waals surface area contributed by atoms with Crippen molar-refractivity contribution in [2.45, 2.75) is 6.92 Å². The molecule has 0 aliphatic rings. The van der Waals surface area contributed by atoms with Crippen molar-refractivity contribution >= 4 is 11.7 Å². The highest BCUT2D eigenvalue weighted by Gasteiger charge is 1.99. The summed E-state index contributed by atoms with van der Waals surface area (Å²) in [5, 5.41) is 1.11. The fourth-order valence-corrected chi connectivity index (χ4v) is 0.896. The lowest BCUT2D eigenvalue weighted by Gasteiger charge is -2.04. The van der Waals surface area contributed by atoms with E-state index in [-0.39, 0.29) is 12.5 Å². The molecule has 1 rings (SSSR count). The topological polar surface area (TPSA) is 38.3 Å². The maximum absolute atomic E-state index is 11.0. The molecule has 0 unspecified atom stereocenters. The maximum atomic E-state index is 11.0. The van der Waals surface area contributed by atoms with E-state index in [2.05, 4.69) is 0 Å². The first-order valence-corrected chi connectivity index (χ1v) is 4.21. The molecule has 0 heterocycles. The molecule has 3 heteroatoms. The van der Waals surface area contributed by atoms with Crippen LogP contribution >= 0.6 is 0 Å². The molecule has 70 valence electrons. The van der Waals surface area contributed by atoms with Crippen LogP contribution in [0.3, 0.4) is 0 Å². The van der Waals surface area contributed by atoms with E-state index >= 15 is 0 Å². The molecule has 1 aromatic rings. The zero-order valence-electron chi connectivity index (χ0n) is 8.56. The third-order valence-corrected chi connectivity index (χ3v) is 1.45. The highest BCUT2D eigenvalue weighted by molar-refractivity contribution is 5.74. The van der Waals surface area contributed by atoms with Gasteiger partial charge in [-0.1, -0.05) is 18.2 Å². The van der Waals surface area contributed by atoms with Gasteiger partial charge in [-0.25, -0.2) is 0 Å². The SMILES string of the molecule is [2H]N(CC(=O)OCC)c1ccccc1. The highest BCUT2D eigenvalue weighted by Crippen LogP contribution is 2.03. The summed E-state index contributed by atoms with van der Waals surface area (Å²) in [6, 6.07) is 9.05. The fourth-order valence-electron chi connectivity index (χ4n) is 0.896. The minimum Gasteiger partial charge on any atom is -0.465 e. The number of nitrogens with one attached hydrogen (secondary N) is 1. The molecule has 0 aromatic heterocycles. The predicted molar refractivity (Wildman–Crippen MR) is 51.6 cm³/mol. The van der Waals surface area contributed by atoms with Gasteiger partial charge < -0.3 is 10.0 Å². The van der Waals surface area contributed by atoms with Gasteiger partial charge >= 0.3 is 5.97 Å². The number of hydrogen-bond donors (Lipinski definition) is 1. The van der Waals surface area contributed by atoms with Gasteiger partial charge in [0.2, 0.25) is 0 Å². The molecule has 0 saturated carbocycles. The number of para-hydroxylation sites is 1. The lowest BCUT2D eigenvalue weighted by molar-refractivity contribution is -0.140. The van der Waals surface area contributed by atoms with E-state index in [1.807, 2.05) is 18.2 Å². The van der Waals surface area contributed by atoms with E-state index in [0.717, 1.165) is 5.31 Å². The van der Waals surface area contributed by atoms with E-state index < -0.39 is 0 Å². The third kappa shape index (κ3) is 3.60. The van der Waals surface area contributed by atoms with Crippen molar-refractivity contribution in [2.24, 2.45) is 0 Å². The number of carbonyl (C=O) groups excluding carboxylic acids is 1. The predicted octanol–water partition coefficient (Wildman–Crippen LogP) is 1.66. The number of hydrogen-bond acceptors (Lipinski definition) is 3. The van der Waals surface area contributed by atoms with Gasteiger partial charge in [0.15, 0.2) is 1.41 Å². The van der Waals surface area contributed by atoms with Crippen LogP contribution in [0, 0.1) is 0 Å².